The monoisotopic (exact) mass is 386 g/mol. The molecule has 2 N–H and O–H groups in total. The number of nitrogens with one attached hydrogen (secondary N) is 2. The topological polar surface area (TPSA) is 75.3 Å². The van der Waals surface area contributed by atoms with Crippen molar-refractivity contribution in [2.45, 2.75) is 24.4 Å². The number of anilines is 1. The average Bonchev–Trinajstić information content (AvgIpc) is 2.59. The molecule has 0 unspecified atom stereocenters. The Hall–Kier alpha value is -2.55. The quantitative estimate of drug-likeness (QED) is 0.800. The molecule has 0 aliphatic heterocycles. The van der Waals surface area contributed by atoms with Crippen LogP contribution in [0.5, 0.6) is 0 Å². The van der Waals surface area contributed by atoms with E-state index in [0.29, 0.717) is 12.1 Å². The van der Waals surface area contributed by atoms with Crippen LogP contribution in [0.15, 0.2) is 53.4 Å². The molecule has 2 aromatic carbocycles. The lowest BCUT2D eigenvalue weighted by molar-refractivity contribution is -0.123. The lowest BCUT2D eigenvalue weighted by atomic mass is 10.1. The van der Waals surface area contributed by atoms with Crippen molar-refractivity contribution in [1.29, 1.82) is 0 Å². The van der Waals surface area contributed by atoms with Gasteiger partial charge in [0.05, 0.1) is 10.6 Å². The molecular formula is C17H17F3N2O3S. The summed E-state index contributed by atoms with van der Waals surface area (Å²) < 4.78 is 63.7. The number of para-hydroxylation sites is 1. The Kier molecular flexibility index (Phi) is 5.91. The van der Waals surface area contributed by atoms with Gasteiger partial charge in [0.25, 0.3) is 15.9 Å². The second kappa shape index (κ2) is 7.77. The molecule has 9 heteroatoms. The van der Waals surface area contributed by atoms with Crippen LogP contribution in [-0.2, 0) is 16.4 Å². The molecule has 0 radical (unpaired) electrons. The summed E-state index contributed by atoms with van der Waals surface area (Å²) in [6.45, 7) is 0.433. The molecule has 5 nitrogen and oxygen atoms in total. The minimum atomic E-state index is -4.52. The van der Waals surface area contributed by atoms with Crippen LogP contribution in [0.2, 0.25) is 0 Å². The number of rotatable bonds is 6. The van der Waals surface area contributed by atoms with Crippen molar-refractivity contribution in [3.05, 3.63) is 59.7 Å². The number of alkyl halides is 3. The highest BCUT2D eigenvalue weighted by Crippen LogP contribution is 2.21. The van der Waals surface area contributed by atoms with E-state index in [1.54, 1.807) is 29.6 Å². The summed E-state index contributed by atoms with van der Waals surface area (Å²) in [4.78, 5) is 11.5. The zero-order chi connectivity index (χ0) is 19.4. The number of benzene rings is 2. The Morgan fingerprint density at radius 1 is 1.04 bits per heavy atom. The second-order valence-corrected chi connectivity index (χ2v) is 7.12. The average molecular weight is 386 g/mol. The first-order chi connectivity index (χ1) is 12.1. The van der Waals surface area contributed by atoms with Gasteiger partial charge in [-0.25, -0.2) is 8.42 Å². The molecule has 0 aromatic heterocycles. The van der Waals surface area contributed by atoms with Gasteiger partial charge in [0, 0.05) is 5.56 Å². The minimum Gasteiger partial charge on any atom is -0.343 e. The molecule has 2 rings (SSSR count). The molecule has 2 aromatic rings. The zero-order valence-electron chi connectivity index (χ0n) is 13.8. The van der Waals surface area contributed by atoms with Gasteiger partial charge in [-0.2, -0.15) is 13.2 Å². The van der Waals surface area contributed by atoms with E-state index in [-0.39, 0.29) is 10.5 Å². The van der Waals surface area contributed by atoms with E-state index in [4.69, 9.17) is 0 Å². The van der Waals surface area contributed by atoms with Crippen LogP contribution in [0.25, 0.3) is 0 Å². The number of halogens is 3. The SMILES string of the molecule is CCc1ccccc1NS(=O)(=O)c1ccc(C(=O)NCC(F)(F)F)cc1. The largest absolute Gasteiger partial charge is 0.405 e. The van der Waals surface area contributed by atoms with Crippen molar-refractivity contribution in [3.63, 3.8) is 0 Å². The standard InChI is InChI=1S/C17H17F3N2O3S/c1-2-12-5-3-4-6-15(12)22-26(24,25)14-9-7-13(8-10-14)16(23)21-11-17(18,19)20/h3-10,22H,2,11H2,1H3,(H,21,23). The van der Waals surface area contributed by atoms with E-state index in [0.717, 1.165) is 17.7 Å². The predicted molar refractivity (Wildman–Crippen MR) is 91.5 cm³/mol. The fourth-order valence-electron chi connectivity index (χ4n) is 2.20. The van der Waals surface area contributed by atoms with E-state index in [9.17, 15) is 26.4 Å². The third kappa shape index (κ3) is 5.22. The highest BCUT2D eigenvalue weighted by molar-refractivity contribution is 7.92. The van der Waals surface area contributed by atoms with Crippen LogP contribution in [-0.4, -0.2) is 27.0 Å². The molecule has 1 amide bonds. The lowest BCUT2D eigenvalue weighted by Gasteiger charge is -2.12. The summed E-state index contributed by atoms with van der Waals surface area (Å²) in [5, 5.41) is 1.72. The van der Waals surface area contributed by atoms with Gasteiger partial charge in [0.15, 0.2) is 0 Å². The van der Waals surface area contributed by atoms with Crippen LogP contribution < -0.4 is 10.0 Å². The van der Waals surface area contributed by atoms with E-state index in [1.165, 1.54) is 12.1 Å². The van der Waals surface area contributed by atoms with Crippen LogP contribution in [0.1, 0.15) is 22.8 Å². The second-order valence-electron chi connectivity index (χ2n) is 5.44. The maximum Gasteiger partial charge on any atom is 0.405 e. The normalized spacial score (nSPS) is 11.8. The number of carbonyl (C=O) groups excluding carboxylic acids is 1. The van der Waals surface area contributed by atoms with Crippen molar-refractivity contribution in [3.8, 4) is 0 Å². The summed E-state index contributed by atoms with van der Waals surface area (Å²) >= 11 is 0. The number of amides is 1. The first-order valence-electron chi connectivity index (χ1n) is 7.68. The minimum absolute atomic E-state index is 0.0674. The van der Waals surface area contributed by atoms with E-state index >= 15 is 0 Å². The molecule has 0 saturated heterocycles. The molecule has 26 heavy (non-hydrogen) atoms. The van der Waals surface area contributed by atoms with Gasteiger partial charge in [-0.05, 0) is 42.3 Å². The van der Waals surface area contributed by atoms with Gasteiger partial charge >= 0.3 is 6.18 Å². The highest BCUT2D eigenvalue weighted by Gasteiger charge is 2.28. The third-order valence-corrected chi connectivity index (χ3v) is 4.90. The molecule has 0 saturated carbocycles. The van der Waals surface area contributed by atoms with E-state index in [1.807, 2.05) is 6.92 Å². The Morgan fingerprint density at radius 3 is 2.23 bits per heavy atom. The third-order valence-electron chi connectivity index (χ3n) is 3.52. The summed E-state index contributed by atoms with van der Waals surface area (Å²) in [6, 6.07) is 11.6. The molecule has 0 atom stereocenters. The fraction of sp³-hybridized carbons (Fsp3) is 0.235. The number of carbonyl (C=O) groups is 1. The summed E-state index contributed by atoms with van der Waals surface area (Å²) in [5.74, 6) is -0.935. The van der Waals surface area contributed by atoms with Gasteiger partial charge in [0.2, 0.25) is 0 Å². The lowest BCUT2D eigenvalue weighted by Crippen LogP contribution is -2.33. The first-order valence-corrected chi connectivity index (χ1v) is 9.16. The molecule has 0 aliphatic carbocycles. The smallest absolute Gasteiger partial charge is 0.343 e. The van der Waals surface area contributed by atoms with Gasteiger partial charge < -0.3 is 5.32 Å². The number of hydrogen-bond acceptors (Lipinski definition) is 3. The Bertz CT molecular complexity index is 879. The number of sulfonamides is 1. The van der Waals surface area contributed by atoms with Gasteiger partial charge in [0.1, 0.15) is 6.54 Å². The van der Waals surface area contributed by atoms with Gasteiger partial charge in [-0.1, -0.05) is 25.1 Å². The summed E-state index contributed by atoms with van der Waals surface area (Å²) in [5.41, 5.74) is 1.20. The van der Waals surface area contributed by atoms with Crippen molar-refractivity contribution < 1.29 is 26.4 Å². The van der Waals surface area contributed by atoms with E-state index < -0.39 is 28.7 Å². The van der Waals surface area contributed by atoms with Gasteiger partial charge in [-0.15, -0.1) is 0 Å². The molecule has 0 heterocycles. The maximum atomic E-state index is 12.4. The van der Waals surface area contributed by atoms with Crippen LogP contribution in [0.3, 0.4) is 0 Å². The van der Waals surface area contributed by atoms with Crippen LogP contribution in [0, 0.1) is 0 Å². The van der Waals surface area contributed by atoms with Crippen molar-refractivity contribution >= 4 is 21.6 Å². The molecular weight excluding hydrogens is 369 g/mol. The molecule has 0 aliphatic rings. The number of hydrogen-bond donors (Lipinski definition) is 2. The molecule has 140 valence electrons. The van der Waals surface area contributed by atoms with Crippen molar-refractivity contribution in [2.24, 2.45) is 0 Å². The maximum absolute atomic E-state index is 12.4. The van der Waals surface area contributed by atoms with E-state index in [2.05, 4.69) is 4.72 Å². The Labute approximate surface area is 149 Å². The Balaban J connectivity index is 2.15. The molecule has 0 fully saturated rings. The zero-order valence-corrected chi connectivity index (χ0v) is 14.6. The molecule has 0 bridgehead atoms. The van der Waals surface area contributed by atoms with Crippen molar-refractivity contribution in [2.75, 3.05) is 11.3 Å². The molecule has 0 spiro atoms. The first kappa shape index (κ1) is 19.8. The predicted octanol–water partition coefficient (Wildman–Crippen LogP) is 3.34. The van der Waals surface area contributed by atoms with Crippen LogP contribution >= 0.6 is 0 Å². The summed E-state index contributed by atoms with van der Waals surface area (Å²) in [7, 11) is -3.89. The fourth-order valence-corrected chi connectivity index (χ4v) is 3.30. The highest BCUT2D eigenvalue weighted by atomic mass is 32.2. The van der Waals surface area contributed by atoms with Crippen molar-refractivity contribution in [1.82, 2.24) is 5.32 Å². The van der Waals surface area contributed by atoms with Crippen LogP contribution in [0.4, 0.5) is 18.9 Å². The Morgan fingerprint density at radius 2 is 1.65 bits per heavy atom. The summed E-state index contributed by atoms with van der Waals surface area (Å²) in [6.07, 6.45) is -3.88. The number of aryl methyl sites for hydroxylation is 1. The van der Waals surface area contributed by atoms with Gasteiger partial charge in [-0.3, -0.25) is 9.52 Å².